The van der Waals surface area contributed by atoms with Gasteiger partial charge in [-0.1, -0.05) is 0 Å². The molecule has 2 heterocycles. The molecule has 3 rings (SSSR count). The number of nitro groups is 1. The molecule has 0 atom stereocenters. The summed E-state index contributed by atoms with van der Waals surface area (Å²) >= 11 is 1.15. The number of anilines is 1. The summed E-state index contributed by atoms with van der Waals surface area (Å²) in [7, 11) is 0. The van der Waals surface area contributed by atoms with Crippen LogP contribution in [-0.4, -0.2) is 26.7 Å². The molecule has 0 aliphatic rings. The number of benzene rings is 1. The van der Waals surface area contributed by atoms with E-state index in [0.29, 0.717) is 11.1 Å². The average Bonchev–Trinajstić information content (AvgIpc) is 2.97. The van der Waals surface area contributed by atoms with E-state index in [0.717, 1.165) is 16.0 Å². The number of nitrogens with two attached hydrogens (primary N) is 1. The fraction of sp³-hybridized carbons (Fsp3) is 0.188. The van der Waals surface area contributed by atoms with Crippen LogP contribution in [0.5, 0.6) is 0 Å². The molecule has 0 radical (unpaired) electrons. The van der Waals surface area contributed by atoms with Crippen LogP contribution in [0.15, 0.2) is 34.4 Å². The number of hydrogen-bond donors (Lipinski definition) is 2. The summed E-state index contributed by atoms with van der Waals surface area (Å²) in [6.07, 6.45) is 0. The Labute approximate surface area is 151 Å². The van der Waals surface area contributed by atoms with Crippen molar-refractivity contribution >= 4 is 38.7 Å². The lowest BCUT2D eigenvalue weighted by atomic mass is 10.2. The topological polar surface area (TPSA) is 133 Å². The van der Waals surface area contributed by atoms with Gasteiger partial charge in [0.25, 0.3) is 17.2 Å². The summed E-state index contributed by atoms with van der Waals surface area (Å²) in [5.41, 5.74) is 5.67. The van der Waals surface area contributed by atoms with Crippen molar-refractivity contribution < 1.29 is 9.72 Å². The Morgan fingerprint density at radius 3 is 2.58 bits per heavy atom. The second kappa shape index (κ2) is 6.56. The molecule has 0 unspecified atom stereocenters. The van der Waals surface area contributed by atoms with Crippen molar-refractivity contribution in [2.45, 2.75) is 19.9 Å². The molecular weight excluding hydrogens is 358 g/mol. The van der Waals surface area contributed by atoms with Crippen LogP contribution < -0.4 is 16.6 Å². The van der Waals surface area contributed by atoms with E-state index < -0.39 is 16.4 Å². The molecule has 26 heavy (non-hydrogen) atoms. The summed E-state index contributed by atoms with van der Waals surface area (Å²) in [5, 5.41) is 20.2. The zero-order valence-corrected chi connectivity index (χ0v) is 14.7. The number of aromatic nitrogens is 2. The summed E-state index contributed by atoms with van der Waals surface area (Å²) in [6, 6.07) is 5.20. The standard InChI is InChI=1S/C16H15N5O4S/c1-8(2)18-15(22)13-11-7-26-14(17)12(11)16(23)20(19-13)9-3-5-10(6-4-9)21(24)25/h3-8H,17H2,1-2H3,(H,18,22). The molecule has 0 fully saturated rings. The van der Waals surface area contributed by atoms with Crippen molar-refractivity contribution in [3.63, 3.8) is 0 Å². The predicted molar refractivity (Wildman–Crippen MR) is 98.9 cm³/mol. The van der Waals surface area contributed by atoms with Gasteiger partial charge in [0.05, 0.1) is 21.0 Å². The highest BCUT2D eigenvalue weighted by atomic mass is 32.1. The molecule has 2 aromatic heterocycles. The Morgan fingerprint density at radius 2 is 2.00 bits per heavy atom. The van der Waals surface area contributed by atoms with Crippen LogP contribution in [0.25, 0.3) is 16.5 Å². The number of nitrogens with one attached hydrogen (secondary N) is 1. The van der Waals surface area contributed by atoms with E-state index >= 15 is 0 Å². The zero-order valence-electron chi connectivity index (χ0n) is 13.9. The minimum atomic E-state index is -0.540. The number of fused-ring (bicyclic) bond motifs is 1. The lowest BCUT2D eigenvalue weighted by Crippen LogP contribution is -2.33. The molecule has 0 aliphatic carbocycles. The molecule has 9 nitrogen and oxygen atoms in total. The van der Waals surface area contributed by atoms with Crippen molar-refractivity contribution in [3.8, 4) is 5.69 Å². The van der Waals surface area contributed by atoms with E-state index in [1.807, 2.05) is 13.8 Å². The minimum Gasteiger partial charge on any atom is -0.390 e. The van der Waals surface area contributed by atoms with Gasteiger partial charge >= 0.3 is 0 Å². The van der Waals surface area contributed by atoms with Crippen molar-refractivity contribution in [2.75, 3.05) is 5.73 Å². The number of nitrogen functional groups attached to an aromatic ring is 1. The molecular formula is C16H15N5O4S. The Hall–Kier alpha value is -3.27. The predicted octanol–water partition coefficient (Wildman–Crippen LogP) is 2.08. The minimum absolute atomic E-state index is 0.0691. The van der Waals surface area contributed by atoms with Crippen LogP contribution in [-0.2, 0) is 0 Å². The average molecular weight is 373 g/mol. The first-order valence-corrected chi connectivity index (χ1v) is 8.53. The number of hydrogen-bond acceptors (Lipinski definition) is 7. The molecule has 0 spiro atoms. The van der Waals surface area contributed by atoms with Crippen molar-refractivity contribution in [1.29, 1.82) is 0 Å². The molecule has 3 aromatic rings. The molecule has 3 N–H and O–H groups in total. The maximum Gasteiger partial charge on any atom is 0.282 e. The van der Waals surface area contributed by atoms with Crippen molar-refractivity contribution in [2.24, 2.45) is 0 Å². The van der Waals surface area contributed by atoms with Crippen molar-refractivity contribution in [3.05, 3.63) is 55.8 Å². The number of nitrogens with zero attached hydrogens (tertiary/aromatic N) is 3. The van der Waals surface area contributed by atoms with Crippen LogP contribution in [0, 0.1) is 10.1 Å². The van der Waals surface area contributed by atoms with Gasteiger partial charge in [-0.2, -0.15) is 9.78 Å². The van der Waals surface area contributed by atoms with Crippen LogP contribution >= 0.6 is 11.3 Å². The third-order valence-electron chi connectivity index (χ3n) is 3.62. The quantitative estimate of drug-likeness (QED) is 0.531. The van der Waals surface area contributed by atoms with Gasteiger partial charge in [0, 0.05) is 28.9 Å². The monoisotopic (exact) mass is 373 g/mol. The van der Waals surface area contributed by atoms with Crippen LogP contribution in [0.1, 0.15) is 24.3 Å². The molecule has 0 saturated carbocycles. The Balaban J connectivity index is 2.24. The van der Waals surface area contributed by atoms with Gasteiger partial charge in [-0.15, -0.1) is 11.3 Å². The van der Waals surface area contributed by atoms with Gasteiger partial charge in [-0.3, -0.25) is 19.7 Å². The summed E-state index contributed by atoms with van der Waals surface area (Å²) in [4.78, 5) is 35.6. The first kappa shape index (κ1) is 17.5. The largest absolute Gasteiger partial charge is 0.390 e. The van der Waals surface area contributed by atoms with Gasteiger partial charge in [0.2, 0.25) is 0 Å². The number of non-ortho nitro benzene ring substituents is 1. The van der Waals surface area contributed by atoms with Gasteiger partial charge < -0.3 is 11.1 Å². The summed E-state index contributed by atoms with van der Waals surface area (Å²) in [6.45, 7) is 3.62. The number of carbonyl (C=O) groups is 1. The van der Waals surface area contributed by atoms with Crippen LogP contribution in [0.3, 0.4) is 0 Å². The molecule has 0 aliphatic heterocycles. The Bertz CT molecular complexity index is 1070. The van der Waals surface area contributed by atoms with Crippen molar-refractivity contribution in [1.82, 2.24) is 15.1 Å². The third-order valence-corrected chi connectivity index (χ3v) is 4.43. The van der Waals surface area contributed by atoms with Gasteiger partial charge in [0.1, 0.15) is 0 Å². The van der Waals surface area contributed by atoms with E-state index in [-0.39, 0.29) is 27.8 Å². The first-order valence-electron chi connectivity index (χ1n) is 7.65. The van der Waals surface area contributed by atoms with Gasteiger partial charge in [-0.25, -0.2) is 0 Å². The highest BCUT2D eigenvalue weighted by molar-refractivity contribution is 7.15. The van der Waals surface area contributed by atoms with E-state index in [4.69, 9.17) is 5.73 Å². The summed E-state index contributed by atoms with van der Waals surface area (Å²) < 4.78 is 1.03. The Kier molecular flexibility index (Phi) is 4.43. The third kappa shape index (κ3) is 3.02. The number of thiophene rings is 1. The highest BCUT2D eigenvalue weighted by Gasteiger charge is 2.21. The maximum absolute atomic E-state index is 12.8. The number of rotatable bonds is 4. The smallest absolute Gasteiger partial charge is 0.282 e. The van der Waals surface area contributed by atoms with Crippen LogP contribution in [0.4, 0.5) is 10.7 Å². The first-order chi connectivity index (χ1) is 12.3. The maximum atomic E-state index is 12.8. The Morgan fingerprint density at radius 1 is 1.35 bits per heavy atom. The lowest BCUT2D eigenvalue weighted by molar-refractivity contribution is -0.384. The van der Waals surface area contributed by atoms with E-state index in [9.17, 15) is 19.7 Å². The fourth-order valence-corrected chi connectivity index (χ4v) is 3.25. The molecule has 10 heteroatoms. The summed E-state index contributed by atoms with van der Waals surface area (Å²) in [5.74, 6) is -0.432. The SMILES string of the molecule is CC(C)NC(=O)c1nn(-c2ccc([N+](=O)[O-])cc2)c(=O)c2c(N)scc12. The van der Waals surface area contributed by atoms with E-state index in [1.54, 1.807) is 5.38 Å². The fourth-order valence-electron chi connectivity index (χ4n) is 2.46. The second-order valence-corrected chi connectivity index (χ2v) is 6.77. The number of carbonyl (C=O) groups excluding carboxylic acids is 1. The molecule has 1 amide bonds. The number of amides is 1. The molecule has 134 valence electrons. The zero-order chi connectivity index (χ0) is 19.0. The highest BCUT2D eigenvalue weighted by Crippen LogP contribution is 2.27. The normalized spacial score (nSPS) is 11.0. The molecule has 0 bridgehead atoms. The van der Waals surface area contributed by atoms with E-state index in [2.05, 4.69) is 10.4 Å². The van der Waals surface area contributed by atoms with Gasteiger partial charge in [-0.05, 0) is 26.0 Å². The van der Waals surface area contributed by atoms with Gasteiger partial charge in [0.15, 0.2) is 5.69 Å². The lowest BCUT2D eigenvalue weighted by Gasteiger charge is -2.11. The number of nitro benzene ring substituents is 1. The van der Waals surface area contributed by atoms with Crippen LogP contribution in [0.2, 0.25) is 0 Å². The van der Waals surface area contributed by atoms with E-state index in [1.165, 1.54) is 24.3 Å². The molecule has 0 saturated heterocycles. The molecule has 1 aromatic carbocycles. The second-order valence-electron chi connectivity index (χ2n) is 5.86.